The summed E-state index contributed by atoms with van der Waals surface area (Å²) in [6, 6.07) is 18.1. The molecule has 3 aromatic rings. The van der Waals surface area contributed by atoms with Crippen molar-refractivity contribution in [1.29, 1.82) is 0 Å². The number of sulfonamides is 1. The number of hydrogen-bond donors (Lipinski definition) is 1. The minimum absolute atomic E-state index is 0.0206. The molecule has 1 unspecified atom stereocenters. The molecule has 1 amide bonds. The molecule has 3 aromatic carbocycles. The van der Waals surface area contributed by atoms with Gasteiger partial charge in [0.1, 0.15) is 0 Å². The van der Waals surface area contributed by atoms with E-state index in [9.17, 15) is 18.0 Å². The lowest BCUT2D eigenvalue weighted by atomic mass is 10.1. The summed E-state index contributed by atoms with van der Waals surface area (Å²) in [6.45, 7) is 1.72. The second kappa shape index (κ2) is 9.54. The number of esters is 1. The van der Waals surface area contributed by atoms with Crippen LogP contribution >= 0.6 is 0 Å². The van der Waals surface area contributed by atoms with Gasteiger partial charge < -0.3 is 19.5 Å². The second-order valence-corrected chi connectivity index (χ2v) is 10.4. The summed E-state index contributed by atoms with van der Waals surface area (Å²) in [6.07, 6.45) is 0.610. The van der Waals surface area contributed by atoms with Gasteiger partial charge in [-0.25, -0.2) is 13.2 Å². The number of nitrogens with one attached hydrogen (secondary N) is 1. The standard InChI is InChI=1S/C26H24N2O7S/c1-17-11-19-5-2-3-8-22(19)28(17)36(31,32)21-7-4-6-20(13-21)26(30)33-15-25(29)27-14-18-9-10-23-24(12-18)35-16-34-23/h2-10,12-13,17H,11,14-16H2,1H3,(H,27,29). The molecule has 186 valence electrons. The third-order valence-electron chi connectivity index (χ3n) is 6.03. The molecule has 0 aliphatic carbocycles. The smallest absolute Gasteiger partial charge is 0.338 e. The minimum atomic E-state index is -3.91. The maximum Gasteiger partial charge on any atom is 0.338 e. The van der Waals surface area contributed by atoms with Crippen molar-refractivity contribution in [2.45, 2.75) is 30.8 Å². The SMILES string of the molecule is CC1Cc2ccccc2N1S(=O)(=O)c1cccc(C(=O)OCC(=O)NCc2ccc3c(c2)OCO3)c1. The van der Waals surface area contributed by atoms with Crippen molar-refractivity contribution in [3.8, 4) is 11.5 Å². The topological polar surface area (TPSA) is 111 Å². The van der Waals surface area contributed by atoms with Crippen molar-refractivity contribution in [2.24, 2.45) is 0 Å². The molecule has 9 nitrogen and oxygen atoms in total. The van der Waals surface area contributed by atoms with Crippen LogP contribution in [0.25, 0.3) is 0 Å². The third-order valence-corrected chi connectivity index (χ3v) is 7.96. The van der Waals surface area contributed by atoms with Gasteiger partial charge in [-0.1, -0.05) is 30.3 Å². The van der Waals surface area contributed by atoms with Crippen LogP contribution in [-0.2, 0) is 32.5 Å². The summed E-state index contributed by atoms with van der Waals surface area (Å²) >= 11 is 0. The van der Waals surface area contributed by atoms with Gasteiger partial charge in [0.2, 0.25) is 6.79 Å². The van der Waals surface area contributed by atoms with Gasteiger partial charge in [-0.3, -0.25) is 9.10 Å². The Bertz CT molecular complexity index is 1440. The highest BCUT2D eigenvalue weighted by atomic mass is 32.2. The van der Waals surface area contributed by atoms with Crippen LogP contribution in [0.15, 0.2) is 71.6 Å². The molecule has 2 heterocycles. The Balaban J connectivity index is 1.21. The summed E-state index contributed by atoms with van der Waals surface area (Å²) in [5.74, 6) is -0.0334. The molecule has 0 saturated carbocycles. The lowest BCUT2D eigenvalue weighted by Crippen LogP contribution is -2.35. The van der Waals surface area contributed by atoms with Gasteiger partial charge in [-0.05, 0) is 60.9 Å². The predicted octanol–water partition coefficient (Wildman–Crippen LogP) is 3.03. The maximum atomic E-state index is 13.4. The second-order valence-electron chi connectivity index (χ2n) is 8.55. The lowest BCUT2D eigenvalue weighted by molar-refractivity contribution is -0.124. The van der Waals surface area contributed by atoms with Crippen LogP contribution in [0, 0.1) is 0 Å². The zero-order valence-corrected chi connectivity index (χ0v) is 20.3. The van der Waals surface area contributed by atoms with E-state index in [4.69, 9.17) is 14.2 Å². The number of carbonyl (C=O) groups is 2. The fraction of sp³-hybridized carbons (Fsp3) is 0.231. The molecule has 5 rings (SSSR count). The third kappa shape index (κ3) is 4.59. The van der Waals surface area contributed by atoms with E-state index in [1.165, 1.54) is 28.6 Å². The summed E-state index contributed by atoms with van der Waals surface area (Å²) in [4.78, 5) is 24.7. The summed E-state index contributed by atoms with van der Waals surface area (Å²) in [7, 11) is -3.91. The highest BCUT2D eigenvalue weighted by Crippen LogP contribution is 2.36. The van der Waals surface area contributed by atoms with Crippen molar-refractivity contribution >= 4 is 27.6 Å². The summed E-state index contributed by atoms with van der Waals surface area (Å²) < 4.78 is 43.9. The van der Waals surface area contributed by atoms with E-state index in [1.807, 2.05) is 19.1 Å². The normalized spacial score (nSPS) is 15.9. The molecule has 0 aromatic heterocycles. The number of carbonyl (C=O) groups excluding carboxylic acids is 2. The molecule has 1 N–H and O–H groups in total. The van der Waals surface area contributed by atoms with E-state index in [2.05, 4.69) is 5.32 Å². The Kier molecular flexibility index (Phi) is 6.27. The average Bonchev–Trinajstić information content (AvgIpc) is 3.49. The number of amides is 1. The zero-order valence-electron chi connectivity index (χ0n) is 19.5. The van der Waals surface area contributed by atoms with E-state index >= 15 is 0 Å². The Morgan fingerprint density at radius 2 is 1.83 bits per heavy atom. The first kappa shape index (κ1) is 23.7. The van der Waals surface area contributed by atoms with Crippen LogP contribution in [0.1, 0.15) is 28.4 Å². The van der Waals surface area contributed by atoms with Crippen LogP contribution in [0.5, 0.6) is 11.5 Å². The molecular formula is C26H24N2O7S. The van der Waals surface area contributed by atoms with Crippen LogP contribution in [0.2, 0.25) is 0 Å². The van der Waals surface area contributed by atoms with Gasteiger partial charge >= 0.3 is 5.97 Å². The lowest BCUT2D eigenvalue weighted by Gasteiger charge is -2.24. The number of para-hydroxylation sites is 1. The summed E-state index contributed by atoms with van der Waals surface area (Å²) in [5, 5.41) is 2.67. The van der Waals surface area contributed by atoms with Crippen LogP contribution in [0.4, 0.5) is 5.69 Å². The number of rotatable bonds is 7. The summed E-state index contributed by atoms with van der Waals surface area (Å²) in [5.41, 5.74) is 2.43. The Hall–Kier alpha value is -4.05. The monoisotopic (exact) mass is 508 g/mol. The molecule has 0 saturated heterocycles. The van der Waals surface area contributed by atoms with E-state index in [-0.39, 0.29) is 29.8 Å². The van der Waals surface area contributed by atoms with E-state index in [0.29, 0.717) is 23.6 Å². The molecule has 2 aliphatic heterocycles. The Morgan fingerprint density at radius 3 is 2.69 bits per heavy atom. The fourth-order valence-electron chi connectivity index (χ4n) is 4.32. The van der Waals surface area contributed by atoms with E-state index < -0.39 is 28.5 Å². The van der Waals surface area contributed by atoms with Crippen molar-refractivity contribution in [1.82, 2.24) is 5.32 Å². The van der Waals surface area contributed by atoms with E-state index in [0.717, 1.165) is 11.1 Å². The molecule has 10 heteroatoms. The highest BCUT2D eigenvalue weighted by molar-refractivity contribution is 7.92. The van der Waals surface area contributed by atoms with Crippen LogP contribution in [0.3, 0.4) is 0 Å². The minimum Gasteiger partial charge on any atom is -0.454 e. The van der Waals surface area contributed by atoms with Gasteiger partial charge in [0, 0.05) is 12.6 Å². The van der Waals surface area contributed by atoms with Gasteiger partial charge in [0.05, 0.1) is 16.1 Å². The molecule has 1 atom stereocenters. The Labute approximate surface area is 208 Å². The molecule has 0 radical (unpaired) electrons. The quantitative estimate of drug-likeness (QED) is 0.489. The van der Waals surface area contributed by atoms with Crippen molar-refractivity contribution < 1.29 is 32.2 Å². The van der Waals surface area contributed by atoms with Gasteiger partial charge in [0.25, 0.3) is 15.9 Å². The largest absolute Gasteiger partial charge is 0.454 e. The first-order chi connectivity index (χ1) is 17.3. The van der Waals surface area contributed by atoms with Crippen molar-refractivity contribution in [3.05, 3.63) is 83.4 Å². The van der Waals surface area contributed by atoms with E-state index in [1.54, 1.807) is 30.3 Å². The van der Waals surface area contributed by atoms with Gasteiger partial charge in [-0.2, -0.15) is 0 Å². The zero-order chi connectivity index (χ0) is 25.3. The molecular weight excluding hydrogens is 484 g/mol. The number of nitrogens with zero attached hydrogens (tertiary/aromatic N) is 1. The molecule has 0 spiro atoms. The molecule has 0 bridgehead atoms. The first-order valence-corrected chi connectivity index (χ1v) is 12.8. The molecule has 36 heavy (non-hydrogen) atoms. The number of ether oxygens (including phenoxy) is 3. The first-order valence-electron chi connectivity index (χ1n) is 11.4. The number of anilines is 1. The van der Waals surface area contributed by atoms with Crippen molar-refractivity contribution in [2.75, 3.05) is 17.7 Å². The van der Waals surface area contributed by atoms with Crippen LogP contribution < -0.4 is 19.1 Å². The number of benzene rings is 3. The molecule has 2 aliphatic rings. The van der Waals surface area contributed by atoms with Crippen LogP contribution in [-0.4, -0.2) is 39.7 Å². The Morgan fingerprint density at radius 1 is 1.03 bits per heavy atom. The fourth-order valence-corrected chi connectivity index (χ4v) is 6.06. The number of hydrogen-bond acceptors (Lipinski definition) is 7. The van der Waals surface area contributed by atoms with Gasteiger partial charge in [-0.15, -0.1) is 0 Å². The average molecular weight is 509 g/mol. The molecule has 0 fully saturated rings. The van der Waals surface area contributed by atoms with Crippen molar-refractivity contribution in [3.63, 3.8) is 0 Å². The highest BCUT2D eigenvalue weighted by Gasteiger charge is 2.36. The number of fused-ring (bicyclic) bond motifs is 2. The predicted molar refractivity (Wildman–Crippen MR) is 130 cm³/mol. The van der Waals surface area contributed by atoms with Gasteiger partial charge in [0.15, 0.2) is 18.1 Å². The maximum absolute atomic E-state index is 13.4.